The third-order valence-corrected chi connectivity index (χ3v) is 3.39. The van der Waals surface area contributed by atoms with Gasteiger partial charge in [0.25, 0.3) is 0 Å². The molecule has 0 atom stereocenters. The van der Waals surface area contributed by atoms with E-state index in [1.54, 1.807) is 6.07 Å². The van der Waals surface area contributed by atoms with Gasteiger partial charge in [-0.05, 0) is 62.3 Å². The Kier molecular flexibility index (Phi) is 3.47. The van der Waals surface area contributed by atoms with Crippen LogP contribution in [0.1, 0.15) is 38.2 Å². The molecule has 0 amide bonds. The van der Waals surface area contributed by atoms with Crippen LogP contribution in [0.5, 0.6) is 5.75 Å². The predicted octanol–water partition coefficient (Wildman–Crippen LogP) is 4.09. The fourth-order valence-corrected chi connectivity index (χ4v) is 2.27. The third-order valence-electron chi connectivity index (χ3n) is 3.39. The van der Waals surface area contributed by atoms with E-state index in [9.17, 15) is 4.39 Å². The van der Waals surface area contributed by atoms with E-state index in [-0.39, 0.29) is 5.82 Å². The van der Waals surface area contributed by atoms with Crippen LogP contribution in [0.15, 0.2) is 18.2 Å². The fraction of sp³-hybridized carbons (Fsp3) is 0.571. The molecule has 1 fully saturated rings. The Bertz CT molecular complexity index is 354. The summed E-state index contributed by atoms with van der Waals surface area (Å²) in [4.78, 5) is 0. The Balaban J connectivity index is 1.98. The molecule has 0 radical (unpaired) electrons. The van der Waals surface area contributed by atoms with Gasteiger partial charge in [0, 0.05) is 0 Å². The molecule has 1 aromatic carbocycles. The molecule has 0 saturated heterocycles. The van der Waals surface area contributed by atoms with Gasteiger partial charge in [-0.15, -0.1) is 0 Å². The molecule has 1 aromatic rings. The van der Waals surface area contributed by atoms with Crippen molar-refractivity contribution in [3.8, 4) is 5.75 Å². The summed E-state index contributed by atoms with van der Waals surface area (Å²) >= 11 is 0. The van der Waals surface area contributed by atoms with Crippen molar-refractivity contribution in [2.45, 2.75) is 45.6 Å². The number of ether oxygens (including phenoxy) is 1. The summed E-state index contributed by atoms with van der Waals surface area (Å²) in [6, 6.07) is 4.73. The third kappa shape index (κ3) is 2.75. The van der Waals surface area contributed by atoms with E-state index in [0.717, 1.165) is 30.1 Å². The van der Waals surface area contributed by atoms with Gasteiger partial charge in [0.05, 0.1) is 6.10 Å². The lowest BCUT2D eigenvalue weighted by Crippen LogP contribution is -2.23. The lowest BCUT2D eigenvalue weighted by Gasteiger charge is -2.27. The lowest BCUT2D eigenvalue weighted by atomic mass is 9.89. The zero-order valence-corrected chi connectivity index (χ0v) is 10.0. The van der Waals surface area contributed by atoms with Crippen LogP contribution in [0.2, 0.25) is 0 Å². The molecular formula is C14H19FO. The maximum absolute atomic E-state index is 12.9. The van der Waals surface area contributed by atoms with Crippen LogP contribution in [0.3, 0.4) is 0 Å². The number of rotatable bonds is 2. The molecule has 1 nitrogen and oxygen atoms in total. The highest BCUT2D eigenvalue weighted by molar-refractivity contribution is 5.32. The summed E-state index contributed by atoms with van der Waals surface area (Å²) in [5.74, 6) is 1.47. The zero-order chi connectivity index (χ0) is 11.5. The number of halogens is 1. The number of hydrogen-bond donors (Lipinski definition) is 0. The highest BCUT2D eigenvalue weighted by atomic mass is 19.1. The van der Waals surface area contributed by atoms with Crippen molar-refractivity contribution in [1.82, 2.24) is 0 Å². The van der Waals surface area contributed by atoms with Crippen molar-refractivity contribution >= 4 is 0 Å². The van der Waals surface area contributed by atoms with Gasteiger partial charge in [-0.1, -0.05) is 6.92 Å². The molecule has 1 aliphatic carbocycles. The van der Waals surface area contributed by atoms with Crippen LogP contribution in [0.4, 0.5) is 4.39 Å². The second-order valence-electron chi connectivity index (χ2n) is 4.91. The molecule has 0 unspecified atom stereocenters. The summed E-state index contributed by atoms with van der Waals surface area (Å²) < 4.78 is 18.8. The average Bonchev–Trinajstić information content (AvgIpc) is 2.25. The van der Waals surface area contributed by atoms with Gasteiger partial charge in [-0.3, -0.25) is 0 Å². The molecule has 0 spiro atoms. The molecule has 0 N–H and O–H groups in total. The van der Waals surface area contributed by atoms with Crippen LogP contribution >= 0.6 is 0 Å². The van der Waals surface area contributed by atoms with E-state index in [4.69, 9.17) is 4.74 Å². The summed E-state index contributed by atoms with van der Waals surface area (Å²) in [5, 5.41) is 0. The van der Waals surface area contributed by atoms with Crippen LogP contribution in [-0.2, 0) is 0 Å². The van der Waals surface area contributed by atoms with Crippen molar-refractivity contribution < 1.29 is 9.13 Å². The molecule has 2 heteroatoms. The second kappa shape index (κ2) is 4.86. The molecule has 1 saturated carbocycles. The first-order valence-electron chi connectivity index (χ1n) is 6.08. The van der Waals surface area contributed by atoms with E-state index in [1.165, 1.54) is 25.0 Å². The van der Waals surface area contributed by atoms with Gasteiger partial charge in [-0.25, -0.2) is 4.39 Å². The number of benzene rings is 1. The molecule has 1 aliphatic rings. The van der Waals surface area contributed by atoms with Crippen LogP contribution in [0.25, 0.3) is 0 Å². The molecule has 0 aromatic heterocycles. The summed E-state index contributed by atoms with van der Waals surface area (Å²) in [7, 11) is 0. The SMILES string of the molecule is Cc1cc(F)ccc1OC1CCC(C)CC1. The standard InChI is InChI=1S/C14H19FO/c1-10-3-6-13(7-4-10)16-14-8-5-12(15)9-11(14)2/h5,8-10,13H,3-4,6-7H2,1-2H3. The highest BCUT2D eigenvalue weighted by Crippen LogP contribution is 2.28. The largest absolute Gasteiger partial charge is 0.490 e. The van der Waals surface area contributed by atoms with Crippen molar-refractivity contribution in [3.05, 3.63) is 29.6 Å². The Morgan fingerprint density at radius 1 is 1.19 bits per heavy atom. The highest BCUT2D eigenvalue weighted by Gasteiger charge is 2.19. The Hall–Kier alpha value is -1.05. The lowest BCUT2D eigenvalue weighted by molar-refractivity contribution is 0.134. The molecule has 16 heavy (non-hydrogen) atoms. The monoisotopic (exact) mass is 222 g/mol. The van der Waals surface area contributed by atoms with Crippen molar-refractivity contribution in [3.63, 3.8) is 0 Å². The van der Waals surface area contributed by atoms with E-state index in [1.807, 2.05) is 6.92 Å². The van der Waals surface area contributed by atoms with Gasteiger partial charge in [0.2, 0.25) is 0 Å². The minimum atomic E-state index is -0.192. The maximum Gasteiger partial charge on any atom is 0.123 e. The van der Waals surface area contributed by atoms with Gasteiger partial charge in [0.1, 0.15) is 11.6 Å². The Labute approximate surface area is 96.6 Å². The summed E-state index contributed by atoms with van der Waals surface area (Å²) in [5.41, 5.74) is 0.888. The molecule has 0 bridgehead atoms. The first-order valence-corrected chi connectivity index (χ1v) is 6.08. The van der Waals surface area contributed by atoms with Gasteiger partial charge >= 0.3 is 0 Å². The summed E-state index contributed by atoms with van der Waals surface area (Å²) in [6.07, 6.45) is 5.05. The van der Waals surface area contributed by atoms with E-state index >= 15 is 0 Å². The molecule has 0 heterocycles. The van der Waals surface area contributed by atoms with Crippen LogP contribution in [-0.4, -0.2) is 6.10 Å². The predicted molar refractivity (Wildman–Crippen MR) is 63.2 cm³/mol. The smallest absolute Gasteiger partial charge is 0.123 e. The fourth-order valence-electron chi connectivity index (χ4n) is 2.27. The Morgan fingerprint density at radius 2 is 1.88 bits per heavy atom. The van der Waals surface area contributed by atoms with Crippen molar-refractivity contribution in [2.24, 2.45) is 5.92 Å². The van der Waals surface area contributed by atoms with Gasteiger partial charge < -0.3 is 4.74 Å². The first kappa shape index (κ1) is 11.4. The quantitative estimate of drug-likeness (QED) is 0.732. The minimum Gasteiger partial charge on any atom is -0.490 e. The zero-order valence-electron chi connectivity index (χ0n) is 10.0. The van der Waals surface area contributed by atoms with Crippen LogP contribution < -0.4 is 4.74 Å². The molecular weight excluding hydrogens is 203 g/mol. The summed E-state index contributed by atoms with van der Waals surface area (Å²) in [6.45, 7) is 4.18. The molecule has 88 valence electrons. The normalized spacial score (nSPS) is 25.4. The molecule has 2 rings (SSSR count). The maximum atomic E-state index is 12.9. The first-order chi connectivity index (χ1) is 7.65. The molecule has 0 aliphatic heterocycles. The second-order valence-corrected chi connectivity index (χ2v) is 4.91. The number of aryl methyl sites for hydroxylation is 1. The van der Waals surface area contributed by atoms with Gasteiger partial charge in [0.15, 0.2) is 0 Å². The minimum absolute atomic E-state index is 0.192. The topological polar surface area (TPSA) is 9.23 Å². The Morgan fingerprint density at radius 3 is 2.50 bits per heavy atom. The van der Waals surface area contributed by atoms with Crippen LogP contribution in [0, 0.1) is 18.7 Å². The average molecular weight is 222 g/mol. The van der Waals surface area contributed by atoms with E-state index in [0.29, 0.717) is 6.10 Å². The van der Waals surface area contributed by atoms with E-state index < -0.39 is 0 Å². The van der Waals surface area contributed by atoms with Gasteiger partial charge in [-0.2, -0.15) is 0 Å². The van der Waals surface area contributed by atoms with E-state index in [2.05, 4.69) is 6.92 Å². The van der Waals surface area contributed by atoms with Crippen molar-refractivity contribution in [1.29, 1.82) is 0 Å². The number of hydrogen-bond acceptors (Lipinski definition) is 1. The van der Waals surface area contributed by atoms with Crippen molar-refractivity contribution in [2.75, 3.05) is 0 Å².